The third-order valence-corrected chi connectivity index (χ3v) is 4.22. The van der Waals surface area contributed by atoms with Gasteiger partial charge in [-0.1, -0.05) is 12.1 Å². The van der Waals surface area contributed by atoms with Crippen molar-refractivity contribution in [2.45, 2.75) is 0 Å². The van der Waals surface area contributed by atoms with Gasteiger partial charge in [0.05, 0.1) is 7.11 Å². The van der Waals surface area contributed by atoms with Crippen LogP contribution in [-0.4, -0.2) is 29.8 Å². The lowest BCUT2D eigenvalue weighted by atomic mass is 9.94. The van der Waals surface area contributed by atoms with E-state index in [9.17, 15) is 14.4 Å². The summed E-state index contributed by atoms with van der Waals surface area (Å²) in [6.45, 7) is 0. The molecule has 3 amide bonds. The molecule has 0 aliphatic carbocycles. The molecular weight excluding hydrogens is 372 g/mol. The number of benzene rings is 2. The summed E-state index contributed by atoms with van der Waals surface area (Å²) in [7, 11) is 1.52. The molecule has 146 valence electrons. The molecule has 0 unspecified atom stereocenters. The molecule has 0 saturated heterocycles. The number of anilines is 1. The zero-order valence-corrected chi connectivity index (χ0v) is 15.5. The van der Waals surface area contributed by atoms with E-state index in [1.54, 1.807) is 36.4 Å². The van der Waals surface area contributed by atoms with Crippen molar-refractivity contribution in [1.29, 1.82) is 0 Å². The Morgan fingerprint density at radius 3 is 2.14 bits per heavy atom. The van der Waals surface area contributed by atoms with Crippen LogP contribution in [0, 0.1) is 0 Å². The number of nitrogens with two attached hydrogens (primary N) is 2. The summed E-state index contributed by atoms with van der Waals surface area (Å²) in [6.07, 6.45) is 1.43. The van der Waals surface area contributed by atoms with E-state index >= 15 is 0 Å². The van der Waals surface area contributed by atoms with E-state index in [0.717, 1.165) is 0 Å². The Balaban J connectivity index is 1.90. The number of hydrogen-bond donors (Lipinski definition) is 3. The van der Waals surface area contributed by atoms with Crippen LogP contribution in [0.4, 0.5) is 5.82 Å². The Bertz CT molecular complexity index is 1060. The van der Waals surface area contributed by atoms with Gasteiger partial charge in [0.2, 0.25) is 11.8 Å². The predicted octanol–water partition coefficient (Wildman–Crippen LogP) is 2.21. The van der Waals surface area contributed by atoms with Gasteiger partial charge in [-0.3, -0.25) is 14.4 Å². The van der Waals surface area contributed by atoms with Crippen LogP contribution in [0.5, 0.6) is 5.75 Å². The van der Waals surface area contributed by atoms with Crippen LogP contribution in [-0.2, 0) is 0 Å². The van der Waals surface area contributed by atoms with Crippen molar-refractivity contribution in [3.05, 3.63) is 77.5 Å². The highest BCUT2D eigenvalue weighted by atomic mass is 16.5. The van der Waals surface area contributed by atoms with Gasteiger partial charge in [0.1, 0.15) is 11.6 Å². The fraction of sp³-hybridized carbons (Fsp3) is 0.0476. The fourth-order valence-corrected chi connectivity index (χ4v) is 2.84. The molecule has 1 heterocycles. The van der Waals surface area contributed by atoms with E-state index in [1.165, 1.54) is 31.5 Å². The van der Waals surface area contributed by atoms with Crippen LogP contribution < -0.4 is 21.5 Å². The number of methoxy groups -OCH3 is 1. The van der Waals surface area contributed by atoms with Crippen LogP contribution in [0.2, 0.25) is 0 Å². The molecule has 2 aromatic carbocycles. The number of primary amides is 2. The second-order valence-electron chi connectivity index (χ2n) is 6.07. The largest absolute Gasteiger partial charge is 0.497 e. The minimum Gasteiger partial charge on any atom is -0.497 e. The lowest BCUT2D eigenvalue weighted by molar-refractivity contribution is 0.0997. The number of aromatic nitrogens is 1. The molecular formula is C21H18N4O4. The van der Waals surface area contributed by atoms with Gasteiger partial charge in [-0.05, 0) is 42.5 Å². The van der Waals surface area contributed by atoms with E-state index in [0.29, 0.717) is 28.3 Å². The molecule has 0 bridgehead atoms. The smallest absolute Gasteiger partial charge is 0.256 e. The molecule has 0 spiro atoms. The van der Waals surface area contributed by atoms with Crippen molar-refractivity contribution in [2.24, 2.45) is 11.5 Å². The molecule has 0 radical (unpaired) electrons. The minimum atomic E-state index is -0.696. The summed E-state index contributed by atoms with van der Waals surface area (Å²) in [5.41, 5.74) is 12.3. The molecule has 8 heteroatoms. The molecule has 1 aromatic heterocycles. The molecule has 0 aliphatic heterocycles. The van der Waals surface area contributed by atoms with Crippen molar-refractivity contribution in [1.82, 2.24) is 4.98 Å². The minimum absolute atomic E-state index is 0.149. The van der Waals surface area contributed by atoms with Crippen molar-refractivity contribution in [3.63, 3.8) is 0 Å². The molecule has 3 rings (SSSR count). The summed E-state index contributed by atoms with van der Waals surface area (Å²) in [6, 6.07) is 14.4. The summed E-state index contributed by atoms with van der Waals surface area (Å²) in [5, 5.41) is 2.67. The summed E-state index contributed by atoms with van der Waals surface area (Å²) in [5.74, 6) is -0.904. The van der Waals surface area contributed by atoms with Crippen molar-refractivity contribution in [3.8, 4) is 16.9 Å². The SMILES string of the molecule is COc1cccc(C(=O)Nc2ccc(-c3c(C(N)=O)cccc3C(N)=O)cn2)c1. The highest BCUT2D eigenvalue weighted by Crippen LogP contribution is 2.28. The predicted molar refractivity (Wildman–Crippen MR) is 108 cm³/mol. The van der Waals surface area contributed by atoms with Gasteiger partial charge in [-0.25, -0.2) is 4.98 Å². The summed E-state index contributed by atoms with van der Waals surface area (Å²) in [4.78, 5) is 40.1. The second-order valence-corrected chi connectivity index (χ2v) is 6.07. The third kappa shape index (κ3) is 4.22. The topological polar surface area (TPSA) is 137 Å². The van der Waals surface area contributed by atoms with E-state index in [2.05, 4.69) is 10.3 Å². The number of rotatable bonds is 6. The Labute approximate surface area is 166 Å². The molecule has 29 heavy (non-hydrogen) atoms. The number of carbonyl (C=O) groups excluding carboxylic acids is 3. The Morgan fingerprint density at radius 1 is 0.931 bits per heavy atom. The lowest BCUT2D eigenvalue weighted by Gasteiger charge is -2.12. The van der Waals surface area contributed by atoms with Crippen LogP contribution >= 0.6 is 0 Å². The lowest BCUT2D eigenvalue weighted by Crippen LogP contribution is -2.18. The highest BCUT2D eigenvalue weighted by molar-refractivity contribution is 6.08. The van der Waals surface area contributed by atoms with Crippen LogP contribution in [0.15, 0.2) is 60.8 Å². The number of ether oxygens (including phenoxy) is 1. The average Bonchev–Trinajstić information content (AvgIpc) is 2.73. The van der Waals surface area contributed by atoms with Gasteiger partial charge >= 0.3 is 0 Å². The first-order chi connectivity index (χ1) is 13.9. The molecule has 0 fully saturated rings. The Kier molecular flexibility index (Phi) is 5.54. The molecule has 0 atom stereocenters. The van der Waals surface area contributed by atoms with E-state index in [4.69, 9.17) is 16.2 Å². The van der Waals surface area contributed by atoms with Crippen molar-refractivity contribution < 1.29 is 19.1 Å². The van der Waals surface area contributed by atoms with E-state index in [1.807, 2.05) is 0 Å². The first-order valence-electron chi connectivity index (χ1n) is 8.55. The molecule has 8 nitrogen and oxygen atoms in total. The normalized spacial score (nSPS) is 10.2. The van der Waals surface area contributed by atoms with Crippen LogP contribution in [0.1, 0.15) is 31.1 Å². The zero-order valence-electron chi connectivity index (χ0n) is 15.5. The van der Waals surface area contributed by atoms with Crippen molar-refractivity contribution >= 4 is 23.5 Å². The van der Waals surface area contributed by atoms with Crippen LogP contribution in [0.3, 0.4) is 0 Å². The number of pyridine rings is 1. The van der Waals surface area contributed by atoms with Gasteiger partial charge in [0.25, 0.3) is 5.91 Å². The first-order valence-corrected chi connectivity index (χ1v) is 8.55. The number of nitrogens with one attached hydrogen (secondary N) is 1. The maximum Gasteiger partial charge on any atom is 0.256 e. The Hall–Kier alpha value is -4.20. The molecule has 3 aromatic rings. The number of nitrogens with zero attached hydrogens (tertiary/aromatic N) is 1. The Morgan fingerprint density at radius 2 is 1.59 bits per heavy atom. The van der Waals surface area contributed by atoms with Gasteiger partial charge in [0, 0.05) is 34.0 Å². The third-order valence-electron chi connectivity index (χ3n) is 4.22. The monoisotopic (exact) mass is 390 g/mol. The summed E-state index contributed by atoms with van der Waals surface area (Å²) < 4.78 is 5.11. The second kappa shape index (κ2) is 8.22. The molecule has 0 aliphatic rings. The van der Waals surface area contributed by atoms with Gasteiger partial charge in [0.15, 0.2) is 0 Å². The zero-order chi connectivity index (χ0) is 21.0. The van der Waals surface area contributed by atoms with Gasteiger partial charge in [-0.2, -0.15) is 0 Å². The van der Waals surface area contributed by atoms with Gasteiger partial charge < -0.3 is 21.5 Å². The quantitative estimate of drug-likeness (QED) is 0.592. The average molecular weight is 390 g/mol. The van der Waals surface area contributed by atoms with E-state index in [-0.39, 0.29) is 17.0 Å². The maximum atomic E-state index is 12.4. The van der Waals surface area contributed by atoms with E-state index < -0.39 is 11.8 Å². The molecule has 5 N–H and O–H groups in total. The van der Waals surface area contributed by atoms with Crippen molar-refractivity contribution in [2.75, 3.05) is 12.4 Å². The van der Waals surface area contributed by atoms with Crippen LogP contribution in [0.25, 0.3) is 11.1 Å². The maximum absolute atomic E-state index is 12.4. The molecule has 0 saturated carbocycles. The first kappa shape index (κ1) is 19.6. The number of carbonyl (C=O) groups is 3. The standard InChI is InChI=1S/C21H18N4O4/c1-29-14-5-2-4-12(10-14)21(28)25-17-9-8-13(11-24-17)18-15(19(22)26)6-3-7-16(18)20(23)27/h2-11H,1H3,(H2,22,26)(H2,23,27)(H,24,25,28). The fourth-order valence-electron chi connectivity index (χ4n) is 2.84. The van der Waals surface area contributed by atoms with Gasteiger partial charge in [-0.15, -0.1) is 0 Å². The highest BCUT2D eigenvalue weighted by Gasteiger charge is 2.18. The number of amides is 3. The number of hydrogen-bond acceptors (Lipinski definition) is 5. The summed E-state index contributed by atoms with van der Waals surface area (Å²) >= 11 is 0.